The van der Waals surface area contributed by atoms with Gasteiger partial charge in [-0.05, 0) is 26.6 Å². The molecule has 0 amide bonds. The zero-order chi connectivity index (χ0) is 10.9. The minimum atomic E-state index is 0.831. The van der Waals surface area contributed by atoms with Crippen molar-refractivity contribution < 1.29 is 4.74 Å². The maximum atomic E-state index is 5.06. The third-order valence-corrected chi connectivity index (χ3v) is 2.91. The third-order valence-electron chi connectivity index (χ3n) is 2.91. The maximum absolute atomic E-state index is 5.06. The van der Waals surface area contributed by atoms with E-state index in [2.05, 4.69) is 22.2 Å². The van der Waals surface area contributed by atoms with Crippen molar-refractivity contribution in [2.75, 3.05) is 66.6 Å². The predicted octanol–water partition coefficient (Wildman–Crippen LogP) is -0.140. The third kappa shape index (κ3) is 6.10. The monoisotopic (exact) mass is 215 g/mol. The molecule has 0 bridgehead atoms. The Labute approximate surface area is 93.6 Å². The summed E-state index contributed by atoms with van der Waals surface area (Å²) < 4.78 is 5.06. The van der Waals surface area contributed by atoms with Crippen molar-refractivity contribution in [3.05, 3.63) is 0 Å². The molecule has 0 aromatic carbocycles. The summed E-state index contributed by atoms with van der Waals surface area (Å²) in [5.41, 5.74) is 0. The highest BCUT2D eigenvalue weighted by atomic mass is 16.5. The molecule has 0 atom stereocenters. The zero-order valence-corrected chi connectivity index (χ0v) is 10.2. The van der Waals surface area contributed by atoms with E-state index < -0.39 is 0 Å². The molecule has 4 nitrogen and oxygen atoms in total. The summed E-state index contributed by atoms with van der Waals surface area (Å²) in [5, 5.41) is 3.42. The molecule has 0 radical (unpaired) electrons. The van der Waals surface area contributed by atoms with E-state index in [0.29, 0.717) is 0 Å². The largest absolute Gasteiger partial charge is 0.383 e. The van der Waals surface area contributed by atoms with E-state index >= 15 is 0 Å². The number of methoxy groups -OCH3 is 1. The Bertz CT molecular complexity index is 147. The minimum Gasteiger partial charge on any atom is -0.383 e. The summed E-state index contributed by atoms with van der Waals surface area (Å²) in [6, 6.07) is 0. The lowest BCUT2D eigenvalue weighted by Crippen LogP contribution is -2.36. The molecule has 1 heterocycles. The smallest absolute Gasteiger partial charge is 0.0589 e. The van der Waals surface area contributed by atoms with Crippen molar-refractivity contribution in [3.8, 4) is 0 Å². The normalized spacial score (nSPS) is 19.4. The van der Waals surface area contributed by atoms with E-state index in [1.54, 1.807) is 7.11 Å². The molecule has 1 saturated heterocycles. The van der Waals surface area contributed by atoms with Gasteiger partial charge >= 0.3 is 0 Å². The number of nitrogens with zero attached hydrogens (tertiary/aromatic N) is 2. The number of hydrogen-bond donors (Lipinski definition) is 1. The van der Waals surface area contributed by atoms with Gasteiger partial charge in [0.15, 0.2) is 0 Å². The summed E-state index contributed by atoms with van der Waals surface area (Å²) >= 11 is 0. The number of ether oxygens (including phenoxy) is 1. The number of rotatable bonds is 6. The van der Waals surface area contributed by atoms with Crippen LogP contribution < -0.4 is 5.32 Å². The summed E-state index contributed by atoms with van der Waals surface area (Å²) in [6.45, 7) is 8.94. The van der Waals surface area contributed by atoms with Gasteiger partial charge in [-0.2, -0.15) is 0 Å². The second-order valence-electron chi connectivity index (χ2n) is 4.24. The molecule has 0 aromatic heterocycles. The van der Waals surface area contributed by atoms with E-state index in [9.17, 15) is 0 Å². The first-order chi connectivity index (χ1) is 7.33. The standard InChI is InChI=1S/C11H25N3O/c1-13(10-11-15-2)8-9-14-6-3-4-12-5-7-14/h12H,3-11H2,1-2H3. The maximum Gasteiger partial charge on any atom is 0.0589 e. The van der Waals surface area contributed by atoms with Gasteiger partial charge in [0.25, 0.3) is 0 Å². The van der Waals surface area contributed by atoms with Crippen molar-refractivity contribution in [1.82, 2.24) is 15.1 Å². The molecule has 15 heavy (non-hydrogen) atoms. The molecule has 0 spiro atoms. The van der Waals surface area contributed by atoms with Crippen LogP contribution >= 0.6 is 0 Å². The first-order valence-electron chi connectivity index (χ1n) is 5.93. The summed E-state index contributed by atoms with van der Waals surface area (Å²) in [4.78, 5) is 4.88. The highest BCUT2D eigenvalue weighted by Crippen LogP contribution is 1.95. The minimum absolute atomic E-state index is 0.831. The first kappa shape index (κ1) is 12.9. The van der Waals surface area contributed by atoms with Crippen LogP contribution in [0.1, 0.15) is 6.42 Å². The Hall–Kier alpha value is -0.160. The van der Waals surface area contributed by atoms with Crippen LogP contribution in [-0.4, -0.2) is 76.4 Å². The highest BCUT2D eigenvalue weighted by Gasteiger charge is 2.08. The van der Waals surface area contributed by atoms with Gasteiger partial charge < -0.3 is 19.9 Å². The molecule has 1 fully saturated rings. The van der Waals surface area contributed by atoms with Crippen molar-refractivity contribution >= 4 is 0 Å². The fourth-order valence-electron chi connectivity index (χ4n) is 1.80. The van der Waals surface area contributed by atoms with Crippen LogP contribution in [0, 0.1) is 0 Å². The SMILES string of the molecule is COCCN(C)CCN1CCCNCC1. The molecule has 90 valence electrons. The van der Waals surface area contributed by atoms with Gasteiger partial charge in [0.2, 0.25) is 0 Å². The molecule has 4 heteroatoms. The number of likely N-dealkylation sites (N-methyl/N-ethyl adjacent to an activating group) is 1. The Morgan fingerprint density at radius 3 is 2.93 bits per heavy atom. The summed E-state index contributed by atoms with van der Waals surface area (Å²) in [5.74, 6) is 0. The Morgan fingerprint density at radius 1 is 1.27 bits per heavy atom. The number of hydrogen-bond acceptors (Lipinski definition) is 4. The predicted molar refractivity (Wildman–Crippen MR) is 63.3 cm³/mol. The van der Waals surface area contributed by atoms with Crippen LogP contribution in [0.25, 0.3) is 0 Å². The van der Waals surface area contributed by atoms with E-state index in [0.717, 1.165) is 26.2 Å². The fraction of sp³-hybridized carbons (Fsp3) is 1.00. The Kier molecular flexibility index (Phi) is 6.92. The average Bonchev–Trinajstić information content (AvgIpc) is 2.51. The molecule has 1 aliphatic heterocycles. The zero-order valence-electron chi connectivity index (χ0n) is 10.2. The molecule has 1 N–H and O–H groups in total. The fourth-order valence-corrected chi connectivity index (χ4v) is 1.80. The van der Waals surface area contributed by atoms with Crippen LogP contribution in [0.15, 0.2) is 0 Å². The van der Waals surface area contributed by atoms with Crippen molar-refractivity contribution in [2.24, 2.45) is 0 Å². The van der Waals surface area contributed by atoms with Gasteiger partial charge in [-0.3, -0.25) is 0 Å². The lowest BCUT2D eigenvalue weighted by molar-refractivity contribution is 0.152. The van der Waals surface area contributed by atoms with E-state index in [-0.39, 0.29) is 0 Å². The molecule has 0 saturated carbocycles. The first-order valence-corrected chi connectivity index (χ1v) is 5.93. The molecule has 1 aliphatic rings. The van der Waals surface area contributed by atoms with Crippen molar-refractivity contribution in [3.63, 3.8) is 0 Å². The average molecular weight is 215 g/mol. The summed E-state index contributed by atoms with van der Waals surface area (Å²) in [7, 11) is 3.92. The molecule has 1 rings (SSSR count). The van der Waals surface area contributed by atoms with E-state index in [4.69, 9.17) is 4.74 Å². The molecule has 0 aliphatic carbocycles. The van der Waals surface area contributed by atoms with Crippen molar-refractivity contribution in [2.45, 2.75) is 6.42 Å². The van der Waals surface area contributed by atoms with Crippen LogP contribution in [0.4, 0.5) is 0 Å². The van der Waals surface area contributed by atoms with Crippen molar-refractivity contribution in [1.29, 1.82) is 0 Å². The van der Waals surface area contributed by atoms with Crippen LogP contribution in [0.3, 0.4) is 0 Å². The lowest BCUT2D eigenvalue weighted by atomic mass is 10.4. The molecule has 0 aromatic rings. The molecular weight excluding hydrogens is 190 g/mol. The van der Waals surface area contributed by atoms with Gasteiger partial charge in [0.1, 0.15) is 0 Å². The van der Waals surface area contributed by atoms with Gasteiger partial charge in [-0.25, -0.2) is 0 Å². The topological polar surface area (TPSA) is 27.7 Å². The van der Waals surface area contributed by atoms with Gasteiger partial charge in [-0.1, -0.05) is 0 Å². The van der Waals surface area contributed by atoms with E-state index in [1.807, 2.05) is 0 Å². The van der Waals surface area contributed by atoms with Gasteiger partial charge in [0.05, 0.1) is 6.61 Å². The number of nitrogens with one attached hydrogen (secondary N) is 1. The van der Waals surface area contributed by atoms with Crippen LogP contribution in [-0.2, 0) is 4.74 Å². The highest BCUT2D eigenvalue weighted by molar-refractivity contribution is 4.67. The second kappa shape index (κ2) is 8.05. The lowest BCUT2D eigenvalue weighted by Gasteiger charge is -2.23. The Balaban J connectivity index is 2.06. The summed E-state index contributed by atoms with van der Waals surface area (Å²) in [6.07, 6.45) is 1.28. The van der Waals surface area contributed by atoms with E-state index in [1.165, 1.54) is 32.6 Å². The van der Waals surface area contributed by atoms with Gasteiger partial charge in [-0.15, -0.1) is 0 Å². The van der Waals surface area contributed by atoms with Crippen LogP contribution in [0.5, 0.6) is 0 Å². The van der Waals surface area contributed by atoms with Gasteiger partial charge in [0, 0.05) is 39.8 Å². The quantitative estimate of drug-likeness (QED) is 0.667. The molecule has 0 unspecified atom stereocenters. The van der Waals surface area contributed by atoms with Crippen LogP contribution in [0.2, 0.25) is 0 Å². The Morgan fingerprint density at radius 2 is 2.13 bits per heavy atom. The second-order valence-corrected chi connectivity index (χ2v) is 4.24. The molecular formula is C11H25N3O.